The normalized spacial score (nSPS) is 14.9. The van der Waals surface area contributed by atoms with E-state index in [0.717, 1.165) is 29.9 Å². The van der Waals surface area contributed by atoms with Crippen LogP contribution >= 0.6 is 11.3 Å². The molecule has 2 amide bonds. The summed E-state index contributed by atoms with van der Waals surface area (Å²) in [6, 6.07) is 7.95. The quantitative estimate of drug-likeness (QED) is 0.712. The number of amides is 2. The summed E-state index contributed by atoms with van der Waals surface area (Å²) >= 11 is 1.19. The second-order valence-corrected chi connectivity index (χ2v) is 7.91. The maximum atomic E-state index is 13.8. The van der Waals surface area contributed by atoms with E-state index >= 15 is 0 Å². The van der Waals surface area contributed by atoms with E-state index in [2.05, 4.69) is 15.2 Å². The van der Waals surface area contributed by atoms with Crippen LogP contribution in [-0.4, -0.2) is 59.8 Å². The van der Waals surface area contributed by atoms with Gasteiger partial charge in [-0.2, -0.15) is 0 Å². The highest BCUT2D eigenvalue weighted by molar-refractivity contribution is 7.22. The number of piperazine rings is 1. The second kappa shape index (κ2) is 7.84. The van der Waals surface area contributed by atoms with Gasteiger partial charge in [0.1, 0.15) is 11.6 Å². The SMILES string of the molecule is CN1CCN(C(=O)c2ccc3nc(NC(=O)c4ccc(F)cc4F)sc3c2)CC1. The summed E-state index contributed by atoms with van der Waals surface area (Å²) < 4.78 is 27.5. The number of carbonyl (C=O) groups is 2. The molecule has 1 aromatic heterocycles. The van der Waals surface area contributed by atoms with Gasteiger partial charge in [0.2, 0.25) is 0 Å². The first-order valence-electron chi connectivity index (χ1n) is 9.05. The minimum absolute atomic E-state index is 0.0348. The molecular weight excluding hydrogens is 398 g/mol. The summed E-state index contributed by atoms with van der Waals surface area (Å²) in [7, 11) is 2.03. The number of hydrogen-bond donors (Lipinski definition) is 1. The molecule has 0 spiro atoms. The van der Waals surface area contributed by atoms with Crippen LogP contribution in [0, 0.1) is 11.6 Å². The zero-order valence-electron chi connectivity index (χ0n) is 15.6. The van der Waals surface area contributed by atoms with Gasteiger partial charge in [-0.25, -0.2) is 13.8 Å². The lowest BCUT2D eigenvalue weighted by atomic mass is 10.1. The third-order valence-corrected chi connectivity index (χ3v) is 5.76. The van der Waals surface area contributed by atoms with Crippen molar-refractivity contribution in [3.8, 4) is 0 Å². The van der Waals surface area contributed by atoms with Crippen molar-refractivity contribution in [3.63, 3.8) is 0 Å². The number of hydrogen-bond acceptors (Lipinski definition) is 5. The van der Waals surface area contributed by atoms with Crippen molar-refractivity contribution in [1.82, 2.24) is 14.8 Å². The number of anilines is 1. The summed E-state index contributed by atoms with van der Waals surface area (Å²) in [6.45, 7) is 3.04. The fourth-order valence-corrected chi connectivity index (χ4v) is 4.04. The lowest BCUT2D eigenvalue weighted by Crippen LogP contribution is -2.47. The van der Waals surface area contributed by atoms with Gasteiger partial charge in [0.25, 0.3) is 11.8 Å². The maximum absolute atomic E-state index is 13.8. The molecule has 2 heterocycles. The molecule has 0 atom stereocenters. The zero-order chi connectivity index (χ0) is 20.5. The van der Waals surface area contributed by atoms with E-state index in [1.807, 2.05) is 11.9 Å². The number of rotatable bonds is 3. The standard InChI is InChI=1S/C20H18F2N4O2S/c1-25-6-8-26(9-7-25)19(28)12-2-5-16-17(10-12)29-20(23-16)24-18(27)14-4-3-13(21)11-15(14)22/h2-5,10-11H,6-9H2,1H3,(H,23,24,27). The van der Waals surface area contributed by atoms with Crippen LogP contribution in [0.4, 0.5) is 13.9 Å². The molecule has 0 saturated carbocycles. The van der Waals surface area contributed by atoms with Gasteiger partial charge in [0.05, 0.1) is 15.8 Å². The van der Waals surface area contributed by atoms with E-state index in [0.29, 0.717) is 30.2 Å². The average molecular weight is 416 g/mol. The van der Waals surface area contributed by atoms with Crippen molar-refractivity contribution in [2.75, 3.05) is 38.5 Å². The highest BCUT2D eigenvalue weighted by atomic mass is 32.1. The molecule has 0 aliphatic carbocycles. The summed E-state index contributed by atoms with van der Waals surface area (Å²) in [5.41, 5.74) is 0.921. The largest absolute Gasteiger partial charge is 0.336 e. The minimum atomic E-state index is -0.941. The topological polar surface area (TPSA) is 65.5 Å². The lowest BCUT2D eigenvalue weighted by Gasteiger charge is -2.32. The van der Waals surface area contributed by atoms with Crippen LogP contribution in [0.2, 0.25) is 0 Å². The van der Waals surface area contributed by atoms with Gasteiger partial charge in [-0.1, -0.05) is 11.3 Å². The molecule has 150 valence electrons. The summed E-state index contributed by atoms with van der Waals surface area (Å²) in [5, 5.41) is 2.81. The predicted molar refractivity (Wildman–Crippen MR) is 107 cm³/mol. The second-order valence-electron chi connectivity index (χ2n) is 6.88. The Hall–Kier alpha value is -2.91. The molecule has 1 saturated heterocycles. The zero-order valence-corrected chi connectivity index (χ0v) is 16.4. The van der Waals surface area contributed by atoms with Crippen molar-refractivity contribution in [3.05, 3.63) is 59.2 Å². The molecule has 0 unspecified atom stereocenters. The number of carbonyl (C=O) groups excluding carboxylic acids is 2. The van der Waals surface area contributed by atoms with E-state index in [1.165, 1.54) is 11.3 Å². The van der Waals surface area contributed by atoms with Crippen molar-refractivity contribution >= 4 is 38.5 Å². The fourth-order valence-electron chi connectivity index (χ4n) is 3.14. The first-order valence-corrected chi connectivity index (χ1v) is 9.87. The van der Waals surface area contributed by atoms with E-state index < -0.39 is 17.5 Å². The summed E-state index contributed by atoms with van der Waals surface area (Å²) in [4.78, 5) is 33.3. The van der Waals surface area contributed by atoms with E-state index in [4.69, 9.17) is 0 Å². The Kier molecular flexibility index (Phi) is 5.25. The molecule has 0 radical (unpaired) electrons. The van der Waals surface area contributed by atoms with Crippen molar-refractivity contribution in [1.29, 1.82) is 0 Å². The van der Waals surface area contributed by atoms with Crippen LogP contribution < -0.4 is 5.32 Å². The van der Waals surface area contributed by atoms with Crippen molar-refractivity contribution < 1.29 is 18.4 Å². The molecule has 4 rings (SSSR count). The van der Waals surface area contributed by atoms with Crippen LogP contribution in [0.1, 0.15) is 20.7 Å². The molecule has 0 bridgehead atoms. The molecule has 1 fully saturated rings. The predicted octanol–water partition coefficient (Wildman–Crippen LogP) is 3.21. The van der Waals surface area contributed by atoms with Crippen LogP contribution in [-0.2, 0) is 0 Å². The van der Waals surface area contributed by atoms with E-state index in [9.17, 15) is 18.4 Å². The Morgan fingerprint density at radius 3 is 2.55 bits per heavy atom. The third-order valence-electron chi connectivity index (χ3n) is 4.82. The number of thiazole rings is 1. The van der Waals surface area contributed by atoms with Crippen molar-refractivity contribution in [2.45, 2.75) is 0 Å². The van der Waals surface area contributed by atoms with Gasteiger partial charge in [0.15, 0.2) is 5.13 Å². The number of likely N-dealkylation sites (N-methyl/N-ethyl adjacent to an activating group) is 1. The van der Waals surface area contributed by atoms with E-state index in [-0.39, 0.29) is 16.6 Å². The van der Waals surface area contributed by atoms with Gasteiger partial charge in [-0.3, -0.25) is 14.9 Å². The summed E-state index contributed by atoms with van der Waals surface area (Å²) in [6.07, 6.45) is 0. The van der Waals surface area contributed by atoms with Gasteiger partial charge < -0.3 is 9.80 Å². The number of benzene rings is 2. The van der Waals surface area contributed by atoms with Gasteiger partial charge in [-0.05, 0) is 37.4 Å². The van der Waals surface area contributed by atoms with Crippen LogP contribution in [0.25, 0.3) is 10.2 Å². The maximum Gasteiger partial charge on any atom is 0.260 e. The first-order chi connectivity index (χ1) is 13.9. The molecule has 1 N–H and O–H groups in total. The molecule has 2 aromatic carbocycles. The Balaban J connectivity index is 1.52. The first kappa shape index (κ1) is 19.4. The smallest absolute Gasteiger partial charge is 0.260 e. The van der Waals surface area contributed by atoms with Gasteiger partial charge >= 0.3 is 0 Å². The van der Waals surface area contributed by atoms with Crippen molar-refractivity contribution in [2.24, 2.45) is 0 Å². The van der Waals surface area contributed by atoms with Gasteiger partial charge in [0, 0.05) is 37.8 Å². The van der Waals surface area contributed by atoms with Crippen LogP contribution in [0.3, 0.4) is 0 Å². The molecule has 1 aliphatic rings. The molecule has 9 heteroatoms. The molecular formula is C20H18F2N4O2S. The molecule has 29 heavy (non-hydrogen) atoms. The van der Waals surface area contributed by atoms with E-state index in [1.54, 1.807) is 18.2 Å². The number of nitrogens with one attached hydrogen (secondary N) is 1. The number of aromatic nitrogens is 1. The monoisotopic (exact) mass is 416 g/mol. The lowest BCUT2D eigenvalue weighted by molar-refractivity contribution is 0.0664. The highest BCUT2D eigenvalue weighted by Crippen LogP contribution is 2.28. The number of fused-ring (bicyclic) bond motifs is 1. The minimum Gasteiger partial charge on any atom is -0.336 e. The Labute approximate surface area is 169 Å². The number of halogens is 2. The summed E-state index contributed by atoms with van der Waals surface area (Å²) in [5.74, 6) is -2.44. The molecule has 1 aliphatic heterocycles. The average Bonchev–Trinajstić information content (AvgIpc) is 3.09. The van der Waals surface area contributed by atoms with Gasteiger partial charge in [-0.15, -0.1) is 0 Å². The molecule has 3 aromatic rings. The highest BCUT2D eigenvalue weighted by Gasteiger charge is 2.21. The Morgan fingerprint density at radius 2 is 1.83 bits per heavy atom. The third kappa shape index (κ3) is 4.10. The Bertz CT molecular complexity index is 1090. The number of nitrogens with zero attached hydrogens (tertiary/aromatic N) is 3. The molecule has 6 nitrogen and oxygen atoms in total. The van der Waals surface area contributed by atoms with Crippen LogP contribution in [0.15, 0.2) is 36.4 Å². The Morgan fingerprint density at radius 1 is 1.07 bits per heavy atom. The fraction of sp³-hybridized carbons (Fsp3) is 0.250. The van der Waals surface area contributed by atoms with Crippen LogP contribution in [0.5, 0.6) is 0 Å².